The van der Waals surface area contributed by atoms with E-state index in [1.54, 1.807) is 0 Å². The van der Waals surface area contributed by atoms with E-state index in [0.29, 0.717) is 0 Å². The predicted molar refractivity (Wildman–Crippen MR) is 161 cm³/mol. The molecule has 0 fully saturated rings. The molecule has 0 amide bonds. The van der Waals surface area contributed by atoms with Gasteiger partial charge in [-0.05, 0) is 55.0 Å². The lowest BCUT2D eigenvalue weighted by molar-refractivity contribution is 1.23. The number of nitrogens with zero attached hydrogens (tertiary/aromatic N) is 1. The molecule has 0 spiro atoms. The molecule has 7 aromatic rings. The van der Waals surface area contributed by atoms with Crippen molar-refractivity contribution in [3.8, 4) is 11.1 Å². The number of hydrogen-bond donors (Lipinski definition) is 0. The summed E-state index contributed by atoms with van der Waals surface area (Å²) < 4.78 is 0. The number of anilines is 2. The highest BCUT2D eigenvalue weighted by Gasteiger charge is 2.34. The van der Waals surface area contributed by atoms with Gasteiger partial charge in [-0.1, -0.05) is 127 Å². The van der Waals surface area contributed by atoms with Gasteiger partial charge in [0, 0.05) is 23.8 Å². The first kappa shape index (κ1) is 20.6. The molecule has 0 radical (unpaired) electrons. The lowest BCUT2D eigenvalue weighted by Gasteiger charge is -2.36. The van der Waals surface area contributed by atoms with Gasteiger partial charge in [-0.15, -0.1) is 0 Å². The summed E-state index contributed by atoms with van der Waals surface area (Å²) in [5, 5.41) is 7.98. The minimum atomic E-state index is 0.199. The van der Waals surface area contributed by atoms with E-state index >= 15 is 0 Å². The summed E-state index contributed by atoms with van der Waals surface area (Å²) in [6.07, 6.45) is 0. The summed E-state index contributed by atoms with van der Waals surface area (Å²) in [5.41, 5.74) is 9.23. The Bertz CT molecular complexity index is 1940. The lowest BCUT2D eigenvalue weighted by Crippen LogP contribution is -2.57. The molecule has 7 aromatic carbocycles. The van der Waals surface area contributed by atoms with Gasteiger partial charge in [-0.25, -0.2) is 0 Å². The van der Waals surface area contributed by atoms with Gasteiger partial charge in [0.05, 0.1) is 0 Å². The Kier molecular flexibility index (Phi) is 4.30. The van der Waals surface area contributed by atoms with Crippen molar-refractivity contribution in [3.63, 3.8) is 0 Å². The quantitative estimate of drug-likeness (QED) is 0.198. The molecule has 37 heavy (non-hydrogen) atoms. The molecule has 172 valence electrons. The summed E-state index contributed by atoms with van der Waals surface area (Å²) in [6, 6.07) is 46.9. The van der Waals surface area contributed by atoms with E-state index in [0.717, 1.165) is 0 Å². The van der Waals surface area contributed by atoms with Crippen LogP contribution in [0.4, 0.5) is 11.4 Å². The fraction of sp³-hybridized carbons (Fsp3) is 0.0286. The lowest BCUT2D eigenvalue weighted by atomic mass is 9.35. The molecule has 1 nitrogen and oxygen atoms in total. The van der Waals surface area contributed by atoms with Gasteiger partial charge in [-0.3, -0.25) is 0 Å². The van der Waals surface area contributed by atoms with Crippen LogP contribution >= 0.6 is 0 Å². The van der Waals surface area contributed by atoms with Crippen LogP contribution < -0.4 is 21.3 Å². The number of hydrogen-bond acceptors (Lipinski definition) is 1. The Balaban J connectivity index is 1.50. The molecule has 0 saturated heterocycles. The van der Waals surface area contributed by atoms with Crippen LogP contribution in [0.3, 0.4) is 0 Å². The summed E-state index contributed by atoms with van der Waals surface area (Å²) in [5.74, 6) is 0. The summed E-state index contributed by atoms with van der Waals surface area (Å²) in [4.78, 5) is 2.41. The van der Waals surface area contributed by atoms with Crippen molar-refractivity contribution in [1.29, 1.82) is 0 Å². The first-order chi connectivity index (χ1) is 18.3. The van der Waals surface area contributed by atoms with Crippen molar-refractivity contribution >= 4 is 66.8 Å². The first-order valence-corrected chi connectivity index (χ1v) is 13.0. The largest absolute Gasteiger partial charge is 0.345 e. The van der Waals surface area contributed by atoms with E-state index in [9.17, 15) is 0 Å². The molecule has 0 aliphatic carbocycles. The van der Waals surface area contributed by atoms with Crippen LogP contribution in [0.15, 0.2) is 127 Å². The highest BCUT2D eigenvalue weighted by atomic mass is 15.1. The molecule has 0 aromatic heterocycles. The first-order valence-electron chi connectivity index (χ1n) is 13.0. The van der Waals surface area contributed by atoms with Crippen molar-refractivity contribution in [2.45, 2.75) is 0 Å². The fourth-order valence-corrected chi connectivity index (χ4v) is 6.68. The Morgan fingerprint density at radius 2 is 1.19 bits per heavy atom. The highest BCUT2D eigenvalue weighted by Crippen LogP contribution is 2.43. The molecule has 0 unspecified atom stereocenters. The SMILES string of the molecule is CN1c2ccccc2B(c2ccccc2)c2cc3ccc4c(-c5ccccc5)ccc5ccc(c21)c3c54. The standard InChI is InChI=1S/C35H24BN/c1-37-32-15-9-8-14-30(32)36(26-12-6-3-7-13-26)31-22-25-18-20-28-27(23-10-4-2-5-11-23)19-16-24-17-21-29(35(31)37)34(25)33(24)28/h2-22H,1H3. The Labute approximate surface area is 217 Å². The molecule has 0 N–H and O–H groups in total. The van der Waals surface area contributed by atoms with E-state index in [1.807, 2.05) is 0 Å². The predicted octanol–water partition coefficient (Wildman–Crippen LogP) is 6.85. The Hall–Kier alpha value is -4.56. The maximum Gasteiger partial charge on any atom is 0.246 e. The Morgan fingerprint density at radius 3 is 2.03 bits per heavy atom. The summed E-state index contributed by atoms with van der Waals surface area (Å²) >= 11 is 0. The molecule has 0 atom stereocenters. The fourth-order valence-electron chi connectivity index (χ4n) is 6.68. The van der Waals surface area contributed by atoms with Crippen LogP contribution in [0.1, 0.15) is 0 Å². The van der Waals surface area contributed by atoms with Crippen molar-refractivity contribution in [1.82, 2.24) is 0 Å². The van der Waals surface area contributed by atoms with Gasteiger partial charge < -0.3 is 4.90 Å². The second kappa shape index (κ2) is 7.72. The number of rotatable bonds is 2. The van der Waals surface area contributed by atoms with E-state index in [1.165, 1.54) is 71.2 Å². The average Bonchev–Trinajstić information content (AvgIpc) is 2.96. The van der Waals surface area contributed by atoms with E-state index in [2.05, 4.69) is 139 Å². The summed E-state index contributed by atoms with van der Waals surface area (Å²) in [7, 11) is 2.23. The summed E-state index contributed by atoms with van der Waals surface area (Å²) in [6.45, 7) is 0.199. The van der Waals surface area contributed by atoms with Crippen LogP contribution in [-0.2, 0) is 0 Å². The van der Waals surface area contributed by atoms with Gasteiger partial charge in [0.2, 0.25) is 6.71 Å². The van der Waals surface area contributed by atoms with Gasteiger partial charge in [0.25, 0.3) is 0 Å². The minimum Gasteiger partial charge on any atom is -0.345 e. The van der Waals surface area contributed by atoms with Crippen LogP contribution in [0.25, 0.3) is 43.4 Å². The van der Waals surface area contributed by atoms with E-state index < -0.39 is 0 Å². The molecular formula is C35H24BN. The third-order valence-electron chi connectivity index (χ3n) is 8.26. The molecule has 8 rings (SSSR count). The topological polar surface area (TPSA) is 3.24 Å². The molecule has 1 aliphatic rings. The maximum atomic E-state index is 2.45. The number of para-hydroxylation sites is 1. The Morgan fingerprint density at radius 1 is 0.541 bits per heavy atom. The van der Waals surface area contributed by atoms with Crippen LogP contribution in [0.2, 0.25) is 0 Å². The van der Waals surface area contributed by atoms with Gasteiger partial charge in [0.1, 0.15) is 0 Å². The van der Waals surface area contributed by atoms with Crippen molar-refractivity contribution < 1.29 is 0 Å². The third kappa shape index (κ3) is 2.87. The van der Waals surface area contributed by atoms with E-state index in [-0.39, 0.29) is 6.71 Å². The van der Waals surface area contributed by atoms with Crippen LogP contribution in [0, 0.1) is 0 Å². The van der Waals surface area contributed by atoms with Crippen molar-refractivity contribution in [2.24, 2.45) is 0 Å². The molecule has 1 aliphatic heterocycles. The molecule has 2 heteroatoms. The highest BCUT2D eigenvalue weighted by molar-refractivity contribution is 6.98. The molecular weight excluding hydrogens is 445 g/mol. The number of fused-ring (bicyclic) bond motifs is 3. The normalized spacial score (nSPS) is 12.9. The monoisotopic (exact) mass is 469 g/mol. The minimum absolute atomic E-state index is 0.199. The molecule has 1 heterocycles. The average molecular weight is 469 g/mol. The van der Waals surface area contributed by atoms with Gasteiger partial charge >= 0.3 is 0 Å². The number of benzene rings is 7. The smallest absolute Gasteiger partial charge is 0.246 e. The van der Waals surface area contributed by atoms with Crippen LogP contribution in [-0.4, -0.2) is 13.8 Å². The zero-order valence-corrected chi connectivity index (χ0v) is 20.6. The van der Waals surface area contributed by atoms with Crippen molar-refractivity contribution in [3.05, 3.63) is 127 Å². The molecule has 0 saturated carbocycles. The molecule has 0 bridgehead atoms. The zero-order valence-electron chi connectivity index (χ0n) is 20.6. The second-order valence-electron chi connectivity index (χ2n) is 10.2. The zero-order chi connectivity index (χ0) is 24.5. The van der Waals surface area contributed by atoms with Crippen molar-refractivity contribution in [2.75, 3.05) is 11.9 Å². The third-order valence-corrected chi connectivity index (χ3v) is 8.26. The second-order valence-corrected chi connectivity index (χ2v) is 10.2. The van der Waals surface area contributed by atoms with Crippen LogP contribution in [0.5, 0.6) is 0 Å². The maximum absolute atomic E-state index is 2.45. The van der Waals surface area contributed by atoms with Gasteiger partial charge in [0.15, 0.2) is 0 Å². The van der Waals surface area contributed by atoms with Gasteiger partial charge in [-0.2, -0.15) is 0 Å². The van der Waals surface area contributed by atoms with E-state index in [4.69, 9.17) is 0 Å².